The zero-order valence-electron chi connectivity index (χ0n) is 14.0. The Morgan fingerprint density at radius 2 is 2.00 bits per heavy atom. The number of ether oxygens (including phenoxy) is 2. The van der Waals surface area contributed by atoms with Gasteiger partial charge in [-0.25, -0.2) is 9.97 Å². The van der Waals surface area contributed by atoms with Gasteiger partial charge in [-0.05, 0) is 42.4 Å². The first kappa shape index (κ1) is 21.4. The molecule has 0 radical (unpaired) electrons. The van der Waals surface area contributed by atoms with Gasteiger partial charge >= 0.3 is 12.1 Å². The first-order valence-corrected chi connectivity index (χ1v) is 9.45. The number of anilines is 1. The average Bonchev–Trinajstić information content (AvgIpc) is 2.56. The monoisotopic (exact) mass is 507 g/mol. The Hall–Kier alpha value is -0.880. The van der Waals surface area contributed by atoms with Crippen LogP contribution in [0.25, 0.3) is 0 Å². The molecule has 0 spiro atoms. The average molecular weight is 508 g/mol. The number of nitrogens with zero attached hydrogens (tertiary/aromatic N) is 3. The SMILES string of the molecule is CCOC(=O)C1CCN(c2nc(COCC(F)(F)F)c(Cl)nc2I)CC1. The second kappa shape index (κ2) is 9.36. The lowest BCUT2D eigenvalue weighted by atomic mass is 9.97. The van der Waals surface area contributed by atoms with Crippen molar-refractivity contribution >= 4 is 46.0 Å². The molecule has 0 aromatic carbocycles. The third kappa shape index (κ3) is 6.08. The maximum Gasteiger partial charge on any atom is 0.411 e. The first-order valence-electron chi connectivity index (χ1n) is 7.99. The Kier molecular flexibility index (Phi) is 7.71. The Labute approximate surface area is 167 Å². The summed E-state index contributed by atoms with van der Waals surface area (Å²) in [6.45, 7) is 1.49. The van der Waals surface area contributed by atoms with E-state index in [9.17, 15) is 18.0 Å². The Balaban J connectivity index is 2.03. The van der Waals surface area contributed by atoms with Crippen molar-refractivity contribution < 1.29 is 27.4 Å². The van der Waals surface area contributed by atoms with E-state index in [1.54, 1.807) is 6.92 Å². The van der Waals surface area contributed by atoms with Crippen LogP contribution in [0.5, 0.6) is 0 Å². The van der Waals surface area contributed by atoms with Crippen molar-refractivity contribution in [3.05, 3.63) is 14.5 Å². The van der Waals surface area contributed by atoms with Crippen LogP contribution in [-0.4, -0.2) is 48.4 Å². The van der Waals surface area contributed by atoms with Gasteiger partial charge in [0.1, 0.15) is 16.0 Å². The van der Waals surface area contributed by atoms with Gasteiger partial charge in [0, 0.05) is 13.1 Å². The summed E-state index contributed by atoms with van der Waals surface area (Å²) < 4.78 is 46.8. The zero-order valence-corrected chi connectivity index (χ0v) is 16.9. The molecule has 1 aromatic heterocycles. The van der Waals surface area contributed by atoms with Crippen LogP contribution in [0.15, 0.2) is 0 Å². The molecule has 0 amide bonds. The lowest BCUT2D eigenvalue weighted by Gasteiger charge is -2.32. The van der Waals surface area contributed by atoms with Crippen LogP contribution < -0.4 is 4.90 Å². The highest BCUT2D eigenvalue weighted by molar-refractivity contribution is 14.1. The molecule has 26 heavy (non-hydrogen) atoms. The molecule has 146 valence electrons. The highest BCUT2D eigenvalue weighted by Gasteiger charge is 2.29. The molecule has 2 heterocycles. The van der Waals surface area contributed by atoms with Crippen LogP contribution in [-0.2, 0) is 20.9 Å². The van der Waals surface area contributed by atoms with Crippen LogP contribution in [0.3, 0.4) is 0 Å². The minimum absolute atomic E-state index is 0.0155. The number of alkyl halides is 3. The summed E-state index contributed by atoms with van der Waals surface area (Å²) in [6, 6.07) is 0. The lowest BCUT2D eigenvalue weighted by Crippen LogP contribution is -2.38. The van der Waals surface area contributed by atoms with Crippen molar-refractivity contribution in [2.24, 2.45) is 5.92 Å². The first-order chi connectivity index (χ1) is 12.2. The predicted molar refractivity (Wildman–Crippen MR) is 97.0 cm³/mol. The smallest absolute Gasteiger partial charge is 0.411 e. The molecular weight excluding hydrogens is 490 g/mol. The van der Waals surface area contributed by atoms with E-state index in [2.05, 4.69) is 14.7 Å². The number of carbonyl (C=O) groups excluding carboxylic acids is 1. The molecule has 1 fully saturated rings. The second-order valence-corrected chi connectivity index (χ2v) is 7.08. The van der Waals surface area contributed by atoms with Crippen molar-refractivity contribution in [2.45, 2.75) is 32.5 Å². The summed E-state index contributed by atoms with van der Waals surface area (Å²) in [6.07, 6.45) is -3.20. The molecule has 0 N–H and O–H groups in total. The van der Waals surface area contributed by atoms with Crippen LogP contribution in [0.1, 0.15) is 25.5 Å². The van der Waals surface area contributed by atoms with Gasteiger partial charge in [0.2, 0.25) is 0 Å². The van der Waals surface area contributed by atoms with Crippen LogP contribution in [0, 0.1) is 9.62 Å². The number of aromatic nitrogens is 2. The maximum atomic E-state index is 12.2. The van der Waals surface area contributed by atoms with E-state index in [4.69, 9.17) is 16.3 Å². The van der Waals surface area contributed by atoms with E-state index in [-0.39, 0.29) is 29.3 Å². The van der Waals surface area contributed by atoms with Crippen molar-refractivity contribution in [3.8, 4) is 0 Å². The summed E-state index contributed by atoms with van der Waals surface area (Å²) in [4.78, 5) is 22.2. The van der Waals surface area contributed by atoms with Crippen LogP contribution in [0.4, 0.5) is 19.0 Å². The molecule has 0 unspecified atom stereocenters. The number of halogens is 5. The number of esters is 1. The van der Waals surface area contributed by atoms with Gasteiger partial charge in [0.25, 0.3) is 0 Å². The third-order valence-corrected chi connectivity index (χ3v) is 4.81. The standard InChI is InChI=1S/C15H18ClF3IN3O3/c1-2-26-14(24)9-3-5-23(6-4-9)13-12(20)22-11(16)10(21-13)7-25-8-15(17,18)19/h9H,2-8H2,1H3. The van der Waals surface area contributed by atoms with Crippen LogP contribution in [0.2, 0.25) is 5.15 Å². The second-order valence-electron chi connectivity index (χ2n) is 5.70. The van der Waals surface area contributed by atoms with E-state index in [0.29, 0.717) is 42.1 Å². The number of piperidine rings is 1. The topological polar surface area (TPSA) is 64.5 Å². The molecule has 2 rings (SSSR count). The van der Waals surface area contributed by atoms with Gasteiger partial charge in [0.05, 0.1) is 19.1 Å². The largest absolute Gasteiger partial charge is 0.466 e. The number of carbonyl (C=O) groups is 1. The van der Waals surface area contributed by atoms with E-state index in [1.165, 1.54) is 0 Å². The fourth-order valence-electron chi connectivity index (χ4n) is 2.56. The molecule has 1 aliphatic rings. The van der Waals surface area contributed by atoms with E-state index in [1.807, 2.05) is 27.5 Å². The van der Waals surface area contributed by atoms with Gasteiger partial charge in [-0.2, -0.15) is 13.2 Å². The molecule has 0 atom stereocenters. The third-order valence-electron chi connectivity index (χ3n) is 3.78. The van der Waals surface area contributed by atoms with Gasteiger partial charge in [-0.1, -0.05) is 11.6 Å². The summed E-state index contributed by atoms with van der Waals surface area (Å²) in [7, 11) is 0. The molecule has 0 bridgehead atoms. The fraction of sp³-hybridized carbons (Fsp3) is 0.667. The molecule has 1 saturated heterocycles. The van der Waals surface area contributed by atoms with Gasteiger partial charge < -0.3 is 14.4 Å². The van der Waals surface area contributed by atoms with Crippen LogP contribution >= 0.6 is 34.2 Å². The molecule has 1 aromatic rings. The van der Waals surface area contributed by atoms with Crippen molar-refractivity contribution in [1.29, 1.82) is 0 Å². The van der Waals surface area contributed by atoms with Crippen molar-refractivity contribution in [3.63, 3.8) is 0 Å². The number of hydrogen-bond acceptors (Lipinski definition) is 6. The Morgan fingerprint density at radius 1 is 1.35 bits per heavy atom. The minimum atomic E-state index is -4.42. The lowest BCUT2D eigenvalue weighted by molar-refractivity contribution is -0.176. The Bertz CT molecular complexity index is 641. The highest BCUT2D eigenvalue weighted by Crippen LogP contribution is 2.28. The quantitative estimate of drug-likeness (QED) is 0.433. The van der Waals surface area contributed by atoms with Gasteiger partial charge in [0.15, 0.2) is 11.0 Å². The summed E-state index contributed by atoms with van der Waals surface area (Å²) in [5.41, 5.74) is 0.152. The molecule has 6 nitrogen and oxygen atoms in total. The molecule has 11 heteroatoms. The Morgan fingerprint density at radius 3 is 2.58 bits per heavy atom. The fourth-order valence-corrected chi connectivity index (χ4v) is 3.59. The number of hydrogen-bond donors (Lipinski definition) is 0. The zero-order chi connectivity index (χ0) is 19.3. The van der Waals surface area contributed by atoms with E-state index >= 15 is 0 Å². The van der Waals surface area contributed by atoms with Gasteiger partial charge in [-0.15, -0.1) is 0 Å². The number of rotatable bonds is 6. The molecule has 0 saturated carbocycles. The molecule has 0 aliphatic carbocycles. The van der Waals surface area contributed by atoms with E-state index < -0.39 is 12.8 Å². The normalized spacial score (nSPS) is 16.0. The predicted octanol–water partition coefficient (Wildman–Crippen LogP) is 3.59. The summed E-state index contributed by atoms with van der Waals surface area (Å²) in [5.74, 6) is 0.173. The maximum absolute atomic E-state index is 12.2. The minimum Gasteiger partial charge on any atom is -0.466 e. The molecule has 1 aliphatic heterocycles. The molecular formula is C15H18ClF3IN3O3. The summed E-state index contributed by atoms with van der Waals surface area (Å²) in [5, 5.41) is 0.0155. The van der Waals surface area contributed by atoms with Gasteiger partial charge in [-0.3, -0.25) is 4.79 Å². The van der Waals surface area contributed by atoms with E-state index in [0.717, 1.165) is 0 Å². The summed E-state index contributed by atoms with van der Waals surface area (Å²) >= 11 is 7.95. The van der Waals surface area contributed by atoms with Crippen molar-refractivity contribution in [1.82, 2.24) is 9.97 Å². The highest BCUT2D eigenvalue weighted by atomic mass is 127. The van der Waals surface area contributed by atoms with Crippen molar-refractivity contribution in [2.75, 3.05) is 31.2 Å².